The Bertz CT molecular complexity index is 672. The minimum Gasteiger partial charge on any atom is -0.481 e. The number of carboxylic acid groups (broad SMARTS) is 1. The Hall–Kier alpha value is -2.37. The van der Waals surface area contributed by atoms with Crippen LogP contribution in [0.4, 0.5) is 5.69 Å². The van der Waals surface area contributed by atoms with E-state index in [0.29, 0.717) is 37.2 Å². The van der Waals surface area contributed by atoms with Gasteiger partial charge in [0.2, 0.25) is 11.8 Å². The van der Waals surface area contributed by atoms with Crippen molar-refractivity contribution in [2.75, 3.05) is 18.4 Å². The Morgan fingerprint density at radius 2 is 1.65 bits per heavy atom. The number of carboxylic acids is 1. The zero-order valence-electron chi connectivity index (χ0n) is 15.9. The normalized spacial score (nSPS) is 15.8. The first-order valence-corrected chi connectivity index (χ1v) is 9.06. The molecule has 0 bridgehead atoms. The molecule has 1 heterocycles. The second-order valence-electron chi connectivity index (χ2n) is 7.75. The highest BCUT2D eigenvalue weighted by Gasteiger charge is 2.30. The quantitative estimate of drug-likeness (QED) is 0.845. The molecule has 2 N–H and O–H groups in total. The summed E-state index contributed by atoms with van der Waals surface area (Å²) in [5.41, 5.74) is 0.363. The maximum Gasteiger partial charge on any atom is 0.313 e. The first kappa shape index (κ1) is 19.9. The van der Waals surface area contributed by atoms with E-state index in [9.17, 15) is 19.5 Å². The maximum absolute atomic E-state index is 12.5. The first-order valence-electron chi connectivity index (χ1n) is 9.06. The van der Waals surface area contributed by atoms with Gasteiger partial charge in [0.05, 0.1) is 5.41 Å². The van der Waals surface area contributed by atoms with E-state index < -0.39 is 11.4 Å². The smallest absolute Gasteiger partial charge is 0.313 e. The number of nitrogens with one attached hydrogen (secondary N) is 1. The van der Waals surface area contributed by atoms with Crippen LogP contribution in [0.1, 0.15) is 46.1 Å². The number of hydrogen-bond donors (Lipinski definition) is 2. The van der Waals surface area contributed by atoms with Crippen molar-refractivity contribution in [2.24, 2.45) is 11.8 Å². The van der Waals surface area contributed by atoms with Gasteiger partial charge >= 0.3 is 5.97 Å². The highest BCUT2D eigenvalue weighted by atomic mass is 16.4. The average molecular weight is 360 g/mol. The van der Waals surface area contributed by atoms with Gasteiger partial charge < -0.3 is 15.3 Å². The Kier molecular flexibility index (Phi) is 6.05. The molecule has 0 unspecified atom stereocenters. The van der Waals surface area contributed by atoms with E-state index in [4.69, 9.17) is 0 Å². The molecule has 2 rings (SSSR count). The van der Waals surface area contributed by atoms with Crippen LogP contribution in [0.3, 0.4) is 0 Å². The molecule has 1 aliphatic rings. The molecule has 1 aliphatic heterocycles. The Morgan fingerprint density at radius 3 is 2.12 bits per heavy atom. The minimum absolute atomic E-state index is 0.0195. The molecule has 1 aromatic rings. The number of benzene rings is 1. The fraction of sp³-hybridized carbons (Fsp3) is 0.550. The topological polar surface area (TPSA) is 86.7 Å². The number of nitrogens with zero attached hydrogens (tertiary/aromatic N) is 1. The van der Waals surface area contributed by atoms with Gasteiger partial charge in [0, 0.05) is 30.6 Å². The maximum atomic E-state index is 12.5. The van der Waals surface area contributed by atoms with Gasteiger partial charge in [-0.05, 0) is 44.4 Å². The largest absolute Gasteiger partial charge is 0.481 e. The fourth-order valence-electron chi connectivity index (χ4n) is 3.07. The molecule has 0 atom stereocenters. The number of aliphatic carboxylic acids is 1. The predicted octanol–water partition coefficient (Wildman–Crippen LogP) is 2.88. The lowest BCUT2D eigenvalue weighted by molar-refractivity contribution is -0.142. The van der Waals surface area contributed by atoms with Gasteiger partial charge in [-0.1, -0.05) is 26.0 Å². The summed E-state index contributed by atoms with van der Waals surface area (Å²) >= 11 is 0. The SMILES string of the molecule is CC(C)C(=O)N1CCC(C(=O)Nc2ccc(C(C)(C)C(=O)O)cc2)CC1. The molecule has 0 aliphatic carbocycles. The number of carbonyl (C=O) groups excluding carboxylic acids is 2. The number of anilines is 1. The van der Waals surface area contributed by atoms with Crippen LogP contribution in [0.25, 0.3) is 0 Å². The van der Waals surface area contributed by atoms with E-state index in [0.717, 1.165) is 0 Å². The molecule has 1 aromatic carbocycles. The molecular formula is C20H28N2O4. The van der Waals surface area contributed by atoms with Gasteiger partial charge in [0.15, 0.2) is 0 Å². The highest BCUT2D eigenvalue weighted by molar-refractivity contribution is 5.93. The van der Waals surface area contributed by atoms with Gasteiger partial charge in [-0.15, -0.1) is 0 Å². The lowest BCUT2D eigenvalue weighted by Crippen LogP contribution is -2.43. The third-order valence-corrected chi connectivity index (χ3v) is 5.08. The van der Waals surface area contributed by atoms with Crippen LogP contribution in [-0.2, 0) is 19.8 Å². The number of rotatable bonds is 5. The van der Waals surface area contributed by atoms with Crippen molar-refractivity contribution in [3.8, 4) is 0 Å². The summed E-state index contributed by atoms with van der Waals surface area (Å²) < 4.78 is 0. The second kappa shape index (κ2) is 7.89. The highest BCUT2D eigenvalue weighted by Crippen LogP contribution is 2.26. The van der Waals surface area contributed by atoms with Gasteiger partial charge in [-0.2, -0.15) is 0 Å². The molecule has 2 amide bonds. The molecule has 1 saturated heterocycles. The number of amides is 2. The van der Waals surface area contributed by atoms with Crippen molar-refractivity contribution in [1.82, 2.24) is 4.90 Å². The van der Waals surface area contributed by atoms with Crippen LogP contribution in [0, 0.1) is 11.8 Å². The molecule has 6 nitrogen and oxygen atoms in total. The molecule has 26 heavy (non-hydrogen) atoms. The van der Waals surface area contributed by atoms with Crippen LogP contribution in [0.2, 0.25) is 0 Å². The van der Waals surface area contributed by atoms with Crippen molar-refractivity contribution in [2.45, 2.75) is 46.0 Å². The van der Waals surface area contributed by atoms with Crippen molar-refractivity contribution < 1.29 is 19.5 Å². The van der Waals surface area contributed by atoms with E-state index in [2.05, 4.69) is 5.32 Å². The molecule has 6 heteroatoms. The number of hydrogen-bond acceptors (Lipinski definition) is 3. The summed E-state index contributed by atoms with van der Waals surface area (Å²) in [5, 5.41) is 12.2. The molecule has 142 valence electrons. The summed E-state index contributed by atoms with van der Waals surface area (Å²) in [4.78, 5) is 37.6. The Balaban J connectivity index is 1.93. The van der Waals surface area contributed by atoms with E-state index in [1.54, 1.807) is 38.1 Å². The average Bonchev–Trinajstić information content (AvgIpc) is 2.61. The zero-order chi connectivity index (χ0) is 19.5. The zero-order valence-corrected chi connectivity index (χ0v) is 15.9. The lowest BCUT2D eigenvalue weighted by Gasteiger charge is -2.32. The number of likely N-dealkylation sites (tertiary alicyclic amines) is 1. The number of carbonyl (C=O) groups is 3. The van der Waals surface area contributed by atoms with E-state index in [1.807, 2.05) is 18.7 Å². The van der Waals surface area contributed by atoms with Crippen LogP contribution >= 0.6 is 0 Å². The van der Waals surface area contributed by atoms with Crippen molar-refractivity contribution in [3.63, 3.8) is 0 Å². The molecule has 0 spiro atoms. The van der Waals surface area contributed by atoms with Gasteiger partial charge in [0.25, 0.3) is 0 Å². The van der Waals surface area contributed by atoms with Gasteiger partial charge in [0.1, 0.15) is 0 Å². The van der Waals surface area contributed by atoms with Gasteiger partial charge in [-0.3, -0.25) is 14.4 Å². The van der Waals surface area contributed by atoms with Crippen LogP contribution in [0.5, 0.6) is 0 Å². The molecular weight excluding hydrogens is 332 g/mol. The summed E-state index contributed by atoms with van der Waals surface area (Å²) in [6, 6.07) is 6.92. The summed E-state index contributed by atoms with van der Waals surface area (Å²) in [5.74, 6) is -0.931. The Labute approximate surface area is 154 Å². The predicted molar refractivity (Wildman–Crippen MR) is 99.9 cm³/mol. The minimum atomic E-state index is -0.974. The lowest BCUT2D eigenvalue weighted by atomic mass is 9.85. The van der Waals surface area contributed by atoms with Gasteiger partial charge in [-0.25, -0.2) is 0 Å². The summed E-state index contributed by atoms with van der Waals surface area (Å²) in [6.45, 7) is 8.29. The molecule has 1 fully saturated rings. The Morgan fingerprint density at radius 1 is 1.12 bits per heavy atom. The van der Waals surface area contributed by atoms with E-state index >= 15 is 0 Å². The van der Waals surface area contributed by atoms with E-state index in [-0.39, 0.29) is 23.7 Å². The van der Waals surface area contributed by atoms with Crippen LogP contribution in [-0.4, -0.2) is 40.9 Å². The molecule has 0 saturated carbocycles. The third kappa shape index (κ3) is 4.42. The fourth-order valence-corrected chi connectivity index (χ4v) is 3.07. The molecule has 0 radical (unpaired) electrons. The van der Waals surface area contributed by atoms with E-state index in [1.165, 1.54) is 0 Å². The van der Waals surface area contributed by atoms with Crippen molar-refractivity contribution in [3.05, 3.63) is 29.8 Å². The van der Waals surface area contributed by atoms with Crippen LogP contribution in [0.15, 0.2) is 24.3 Å². The molecule has 0 aromatic heterocycles. The second-order valence-corrected chi connectivity index (χ2v) is 7.75. The summed E-state index contributed by atoms with van der Waals surface area (Å²) in [6.07, 6.45) is 1.32. The third-order valence-electron chi connectivity index (χ3n) is 5.08. The van der Waals surface area contributed by atoms with Crippen molar-refractivity contribution >= 4 is 23.5 Å². The van der Waals surface area contributed by atoms with Crippen molar-refractivity contribution in [1.29, 1.82) is 0 Å². The summed E-state index contributed by atoms with van der Waals surface area (Å²) in [7, 11) is 0. The van der Waals surface area contributed by atoms with Crippen LogP contribution < -0.4 is 5.32 Å². The standard InChI is InChI=1S/C20H28N2O4/c1-13(2)18(24)22-11-9-14(10-12-22)17(23)21-16-7-5-15(6-8-16)20(3,4)19(25)26/h5-8,13-14H,9-12H2,1-4H3,(H,21,23)(H,25,26). The number of piperidine rings is 1. The first-order chi connectivity index (χ1) is 12.1. The monoisotopic (exact) mass is 360 g/mol.